The number of fused-ring (bicyclic) bond motifs is 2. The molecule has 0 spiro atoms. The van der Waals surface area contributed by atoms with Crippen LogP contribution in [0.4, 0.5) is 9.18 Å². The number of aliphatic carboxylic acids is 3. The normalized spacial score (nSPS) is 20.1. The van der Waals surface area contributed by atoms with Gasteiger partial charge in [0.05, 0.1) is 105 Å². The minimum absolute atomic E-state index is 0.0171. The van der Waals surface area contributed by atoms with Crippen LogP contribution in [0.15, 0.2) is 79.1 Å². The SMILES string of the molecule is CC(=O)N[C@@H](CC(=O)O)C(=O)N[C@H]1CSSC[C@@H](C(=O)N[C@H](C(=O)O)[C@@H](C)O)NC(=O)[C@H](Cc2c[nH]c3ccccc23)NC(=O)[C@H](C(C)C)NC(=O)[C@H](CC(C)C)NC(=O)[C@H](CCC(=O)O)NC(=O)CNC(=O)[C@H](CC(C)C)NC(=O)[C@H](CCCCNC(=O)OCc2ccc(OC(=O)CCOCCOCCOCCOCCOCCOCCN)c(F)c2)NC(=O)[C@H](Cc2c[nH]c3ccccc23)NC(=O)[C@H](C)NC1=O. The Hall–Kier alpha value is -12.7. The summed E-state index contributed by atoms with van der Waals surface area (Å²) in [7, 11) is 1.42. The number of nitrogens with two attached hydrogens (primary N) is 1. The summed E-state index contributed by atoms with van der Waals surface area (Å²) in [4.78, 5) is 258. The lowest BCUT2D eigenvalue weighted by molar-refractivity contribution is -0.145. The molecule has 3 aromatic carbocycles. The van der Waals surface area contributed by atoms with Crippen molar-refractivity contribution in [3.63, 3.8) is 0 Å². The Kier molecular flexibility index (Phi) is 53.5. The molecular weight excluding hydrogens is 1930 g/mol. The van der Waals surface area contributed by atoms with E-state index in [1.165, 1.54) is 32.9 Å². The Labute approximate surface area is 838 Å². The van der Waals surface area contributed by atoms with E-state index in [2.05, 4.69) is 84.4 Å². The summed E-state index contributed by atoms with van der Waals surface area (Å²) < 4.78 is 58.3. The number of carboxylic acids is 3. The zero-order valence-corrected chi connectivity index (χ0v) is 83.6. The van der Waals surface area contributed by atoms with Gasteiger partial charge < -0.3 is 148 Å². The van der Waals surface area contributed by atoms with Crippen molar-refractivity contribution in [2.75, 3.05) is 110 Å². The average Bonchev–Trinajstić information content (AvgIpc) is 1.66. The van der Waals surface area contributed by atoms with Gasteiger partial charge in [0.15, 0.2) is 17.6 Å². The highest BCUT2D eigenvalue weighted by atomic mass is 33.1. The van der Waals surface area contributed by atoms with Crippen molar-refractivity contribution in [2.45, 2.75) is 218 Å². The number of para-hydroxylation sites is 2. The number of aromatic amines is 2. The van der Waals surface area contributed by atoms with Gasteiger partial charge in [0.25, 0.3) is 0 Å². The number of unbranched alkanes of at least 4 members (excludes halogenated alkanes) is 1. The highest BCUT2D eigenvalue weighted by molar-refractivity contribution is 8.76. The van der Waals surface area contributed by atoms with E-state index in [4.69, 9.17) is 43.6 Å². The van der Waals surface area contributed by atoms with Gasteiger partial charge in [-0.3, -0.25) is 76.7 Å². The van der Waals surface area contributed by atoms with E-state index in [9.17, 15) is 92.3 Å². The summed E-state index contributed by atoms with van der Waals surface area (Å²) in [5.74, 6) is -23.6. The number of carbonyl (C=O) groups is 18. The highest BCUT2D eigenvalue weighted by Crippen LogP contribution is 2.27. The third-order valence-corrected chi connectivity index (χ3v) is 24.2. The Morgan fingerprint density at radius 2 is 1.03 bits per heavy atom. The minimum atomic E-state index is -2.01. The predicted molar refractivity (Wildman–Crippen MR) is 521 cm³/mol. The molecule has 6 rings (SSSR count). The highest BCUT2D eigenvalue weighted by Gasteiger charge is 2.40. The second kappa shape index (κ2) is 64.1. The number of aliphatic hydroxyl groups is 1. The van der Waals surface area contributed by atoms with Crippen molar-refractivity contribution < 1.29 is 149 Å². The van der Waals surface area contributed by atoms with E-state index in [-0.39, 0.29) is 89.9 Å². The lowest BCUT2D eigenvalue weighted by Crippen LogP contribution is -2.61. The number of alkyl carbamates (subject to hydrolysis) is 1. The number of nitrogens with one attached hydrogen (secondary N) is 16. The van der Waals surface area contributed by atoms with Crippen molar-refractivity contribution in [3.05, 3.63) is 102 Å². The Balaban J connectivity index is 1.29. The lowest BCUT2D eigenvalue weighted by atomic mass is 9.98. The number of esters is 1. The maximum absolute atomic E-state index is 15.3. The maximum atomic E-state index is 15.3. The molecule has 22 N–H and O–H groups in total. The van der Waals surface area contributed by atoms with Crippen molar-refractivity contribution in [2.24, 2.45) is 23.5 Å². The number of hydrogen-bond donors (Lipinski definition) is 21. The predicted octanol–water partition coefficient (Wildman–Crippen LogP) is -0.0543. The van der Waals surface area contributed by atoms with Gasteiger partial charge in [-0.25, -0.2) is 14.0 Å². The fourth-order valence-corrected chi connectivity index (χ4v) is 16.7. The first-order chi connectivity index (χ1) is 68.6. The Bertz CT molecular complexity index is 5070. The summed E-state index contributed by atoms with van der Waals surface area (Å²) in [5.41, 5.74) is 7.54. The van der Waals surface area contributed by atoms with Crippen LogP contribution in [-0.4, -0.2) is 326 Å². The number of H-pyrrole nitrogens is 2. The number of aromatic nitrogens is 2. The van der Waals surface area contributed by atoms with Crippen LogP contribution in [0.2, 0.25) is 0 Å². The van der Waals surface area contributed by atoms with E-state index >= 15 is 18.8 Å². The molecule has 796 valence electrons. The number of ether oxygens (including phenoxy) is 8. The van der Waals surface area contributed by atoms with Crippen molar-refractivity contribution in [1.29, 1.82) is 0 Å². The zero-order chi connectivity index (χ0) is 106. The lowest BCUT2D eigenvalue weighted by Gasteiger charge is -2.29. The number of amides is 14. The van der Waals surface area contributed by atoms with E-state index in [1.807, 2.05) is 0 Å². The summed E-state index contributed by atoms with van der Waals surface area (Å²) >= 11 is 0. The minimum Gasteiger partial charge on any atom is -0.481 e. The van der Waals surface area contributed by atoms with Crippen molar-refractivity contribution in [1.82, 2.24) is 84.4 Å². The van der Waals surface area contributed by atoms with Crippen LogP contribution in [0.25, 0.3) is 21.8 Å². The molecule has 0 unspecified atom stereocenters. The molecular formula is C94H136FN17O30S2. The maximum Gasteiger partial charge on any atom is 0.407 e. The van der Waals surface area contributed by atoms with E-state index in [0.717, 1.165) is 19.9 Å². The number of carbonyl (C=O) groups excluding carboxylic acids is 15. The standard InChI is InChI=1S/C94H136FN17O30S2/c1-52(2)40-68-83(122)100-48-76(115)103-67(22-24-77(116)117)85(124)107-69(41-53(3)4)89(128)111-80(54(5)6)92(131)108-71(44-60-47-99-65-19-13-11-17-62(60)65)87(126)110-74(91(130)112-81(56(8)113)93(132)133)51-144-143-50-73(109-88(127)72(45-78(118)119)102-57(9)114)90(129)101-55(7)82(121)105-70(43-59-46-98-64-18-12-10-16-61(59)64)86(125)104-66(84(123)106-68)20-14-15-27-97-94(134)141-49-58-21-23-75(63(95)42-58)142-79(120)25-28-135-30-32-137-34-36-139-38-39-140-37-35-138-33-31-136-29-26-96/h10-13,16-19,21,23,42,46-47,52-56,66-74,80-81,98-99,113H,14-15,20,22,24-41,43-45,48-51,96H2,1-9H3,(H,97,134)(H,100,122)(H,101,129)(H,102,114)(H,103,115)(H,104,125)(H,105,121)(H,106,123)(H,107,124)(H,108,131)(H,109,127)(H,110,126)(H,111,128)(H,112,130)(H,116,117)(H,118,119)(H,132,133)/t55-,56+,66-,67-,68-,69-,70-,71-,72-,73-,74-,80-,81-/m0/s1. The van der Waals surface area contributed by atoms with Gasteiger partial charge in [-0.2, -0.15) is 0 Å². The fraction of sp³-hybridized carbons (Fsp3) is 0.574. The van der Waals surface area contributed by atoms with Crippen LogP contribution in [0.5, 0.6) is 5.75 Å². The molecule has 47 nitrogen and oxygen atoms in total. The van der Waals surface area contributed by atoms with Gasteiger partial charge in [0.1, 0.15) is 73.1 Å². The summed E-state index contributed by atoms with van der Waals surface area (Å²) in [6.07, 6.45) is -3.47. The van der Waals surface area contributed by atoms with Crippen molar-refractivity contribution >= 4 is 150 Å². The number of rotatable bonds is 49. The third kappa shape index (κ3) is 44.3. The topological polar surface area (TPSA) is 688 Å². The van der Waals surface area contributed by atoms with Gasteiger partial charge in [-0.05, 0) is 111 Å². The summed E-state index contributed by atoms with van der Waals surface area (Å²) in [5, 5.41) is 76.7. The van der Waals surface area contributed by atoms with Gasteiger partial charge in [-0.15, -0.1) is 0 Å². The largest absolute Gasteiger partial charge is 0.481 e. The molecule has 0 radical (unpaired) electrons. The molecule has 1 fully saturated rings. The molecule has 1 aliphatic heterocycles. The molecule has 3 heterocycles. The van der Waals surface area contributed by atoms with Crippen LogP contribution >= 0.6 is 21.6 Å². The Morgan fingerprint density at radius 3 is 1.55 bits per heavy atom. The van der Waals surface area contributed by atoms with Crippen LogP contribution in [-0.2, 0) is 134 Å². The molecule has 5 aromatic rings. The fourth-order valence-electron chi connectivity index (χ4n) is 14.4. The molecule has 0 bridgehead atoms. The smallest absolute Gasteiger partial charge is 0.407 e. The monoisotopic (exact) mass is 2070 g/mol. The number of aliphatic hydroxyl groups excluding tert-OH is 1. The van der Waals surface area contributed by atoms with Crippen LogP contribution in [0, 0.1) is 23.6 Å². The molecule has 2 aromatic heterocycles. The quantitative estimate of drug-likeness (QED) is 0.0105. The second-order valence-electron chi connectivity index (χ2n) is 35.0. The molecule has 144 heavy (non-hydrogen) atoms. The number of halogens is 1. The van der Waals surface area contributed by atoms with Gasteiger partial charge in [0.2, 0.25) is 76.8 Å². The molecule has 1 aliphatic rings. The second-order valence-corrected chi connectivity index (χ2v) is 37.5. The number of carboxylic acid groups (broad SMARTS) is 3. The molecule has 13 atom stereocenters. The molecule has 0 saturated carbocycles. The molecule has 0 aliphatic carbocycles. The van der Waals surface area contributed by atoms with Gasteiger partial charge in [0, 0.05) is 85.0 Å². The van der Waals surface area contributed by atoms with Crippen LogP contribution in [0.1, 0.15) is 137 Å². The number of hydrogen-bond acceptors (Lipinski definition) is 30. The van der Waals surface area contributed by atoms with Crippen molar-refractivity contribution in [3.8, 4) is 5.75 Å². The first kappa shape index (κ1) is 120. The Morgan fingerprint density at radius 1 is 0.528 bits per heavy atom. The van der Waals surface area contributed by atoms with E-state index in [1.54, 1.807) is 88.6 Å². The van der Waals surface area contributed by atoms with Crippen LogP contribution < -0.4 is 84.9 Å². The van der Waals surface area contributed by atoms with Gasteiger partial charge in [-0.1, -0.05) is 106 Å². The molecule has 14 amide bonds. The molecule has 1 saturated heterocycles. The zero-order valence-electron chi connectivity index (χ0n) is 81.9. The third-order valence-electron chi connectivity index (χ3n) is 21.8. The first-order valence-corrected chi connectivity index (χ1v) is 49.7. The first-order valence-electron chi connectivity index (χ1n) is 47.2. The summed E-state index contributed by atoms with van der Waals surface area (Å²) in [6, 6.07) is -3.42. The van der Waals surface area contributed by atoms with E-state index < -0.39 is 259 Å². The average molecular weight is 2070 g/mol. The summed E-state index contributed by atoms with van der Waals surface area (Å²) in [6.45, 7) is 15.7. The van der Waals surface area contributed by atoms with Crippen LogP contribution in [0.3, 0.4) is 0 Å². The number of benzene rings is 3. The molecule has 50 heteroatoms. The van der Waals surface area contributed by atoms with E-state index in [0.29, 0.717) is 114 Å². The van der Waals surface area contributed by atoms with Gasteiger partial charge >= 0.3 is 30.0 Å².